The Bertz CT molecular complexity index is 926. The van der Waals surface area contributed by atoms with E-state index in [0.717, 1.165) is 18.2 Å². The Balaban J connectivity index is 2.17. The van der Waals surface area contributed by atoms with Crippen molar-refractivity contribution in [3.8, 4) is 6.07 Å². The second-order valence-electron chi connectivity index (χ2n) is 5.51. The summed E-state index contributed by atoms with van der Waals surface area (Å²) in [6.45, 7) is 1.35. The SMILES string of the molecule is CC(=O)Nc1ccc(NC(=O)/C(C#N)=C/c2cccc(C(F)(F)F)c2)cc1. The second-order valence-corrected chi connectivity index (χ2v) is 5.51. The van der Waals surface area contributed by atoms with Gasteiger partial charge in [0, 0.05) is 18.3 Å². The predicted molar refractivity (Wildman–Crippen MR) is 94.4 cm³/mol. The molecule has 27 heavy (non-hydrogen) atoms. The van der Waals surface area contributed by atoms with Crippen LogP contribution in [0.3, 0.4) is 0 Å². The van der Waals surface area contributed by atoms with Crippen molar-refractivity contribution in [1.29, 1.82) is 5.26 Å². The van der Waals surface area contributed by atoms with Crippen molar-refractivity contribution in [2.24, 2.45) is 0 Å². The van der Waals surface area contributed by atoms with E-state index in [1.54, 1.807) is 18.2 Å². The first kappa shape index (κ1) is 19.7. The maximum Gasteiger partial charge on any atom is 0.416 e. The summed E-state index contributed by atoms with van der Waals surface area (Å²) in [7, 11) is 0. The molecule has 2 N–H and O–H groups in total. The molecule has 0 aliphatic carbocycles. The lowest BCUT2D eigenvalue weighted by atomic mass is 10.1. The van der Waals surface area contributed by atoms with Gasteiger partial charge in [0.15, 0.2) is 0 Å². The Hall–Kier alpha value is -3.60. The van der Waals surface area contributed by atoms with Crippen molar-refractivity contribution in [3.05, 3.63) is 65.2 Å². The smallest absolute Gasteiger partial charge is 0.326 e. The molecule has 0 aliphatic rings. The van der Waals surface area contributed by atoms with Gasteiger partial charge in [0.05, 0.1) is 5.56 Å². The van der Waals surface area contributed by atoms with E-state index in [-0.39, 0.29) is 17.0 Å². The molecule has 0 heterocycles. The molecule has 0 unspecified atom stereocenters. The molecule has 8 heteroatoms. The first-order valence-corrected chi connectivity index (χ1v) is 7.67. The molecule has 0 saturated carbocycles. The number of alkyl halides is 3. The average Bonchev–Trinajstić information content (AvgIpc) is 2.60. The van der Waals surface area contributed by atoms with Crippen LogP contribution in [0.5, 0.6) is 0 Å². The minimum absolute atomic E-state index is 0.0810. The Morgan fingerprint density at radius 2 is 1.63 bits per heavy atom. The van der Waals surface area contributed by atoms with Gasteiger partial charge in [0.2, 0.25) is 5.91 Å². The first-order valence-electron chi connectivity index (χ1n) is 7.67. The number of anilines is 2. The fourth-order valence-electron chi connectivity index (χ4n) is 2.16. The van der Waals surface area contributed by atoms with Gasteiger partial charge >= 0.3 is 6.18 Å². The third-order valence-electron chi connectivity index (χ3n) is 3.35. The summed E-state index contributed by atoms with van der Waals surface area (Å²) >= 11 is 0. The van der Waals surface area contributed by atoms with E-state index < -0.39 is 17.6 Å². The standard InChI is InChI=1S/C19H14F3N3O2/c1-12(26)24-16-5-7-17(8-6-16)25-18(27)14(11-23)9-13-3-2-4-15(10-13)19(20,21)22/h2-10H,1H3,(H,24,26)(H,25,27)/b14-9+. The summed E-state index contributed by atoms with van der Waals surface area (Å²) in [5.74, 6) is -1.01. The first-order chi connectivity index (χ1) is 12.7. The molecule has 2 aromatic carbocycles. The molecular formula is C19H14F3N3O2. The van der Waals surface area contributed by atoms with Crippen LogP contribution in [0.4, 0.5) is 24.5 Å². The van der Waals surface area contributed by atoms with Crippen molar-refractivity contribution in [2.45, 2.75) is 13.1 Å². The van der Waals surface area contributed by atoms with Crippen LogP contribution in [0.2, 0.25) is 0 Å². The number of benzene rings is 2. The number of carbonyl (C=O) groups excluding carboxylic acids is 2. The molecule has 0 aliphatic heterocycles. The Morgan fingerprint density at radius 3 is 2.15 bits per heavy atom. The second kappa shape index (κ2) is 8.19. The van der Waals surface area contributed by atoms with Crippen LogP contribution < -0.4 is 10.6 Å². The molecule has 0 bridgehead atoms. The number of carbonyl (C=O) groups is 2. The molecular weight excluding hydrogens is 359 g/mol. The van der Waals surface area contributed by atoms with E-state index in [2.05, 4.69) is 10.6 Å². The van der Waals surface area contributed by atoms with E-state index in [9.17, 15) is 22.8 Å². The highest BCUT2D eigenvalue weighted by Crippen LogP contribution is 2.30. The minimum Gasteiger partial charge on any atom is -0.326 e. The molecule has 2 rings (SSSR count). The van der Waals surface area contributed by atoms with Crippen molar-refractivity contribution >= 4 is 29.3 Å². The number of nitrogens with one attached hydrogen (secondary N) is 2. The zero-order valence-corrected chi connectivity index (χ0v) is 14.1. The van der Waals surface area contributed by atoms with Crippen molar-refractivity contribution < 1.29 is 22.8 Å². The fraction of sp³-hybridized carbons (Fsp3) is 0.105. The van der Waals surface area contributed by atoms with Crippen molar-refractivity contribution in [3.63, 3.8) is 0 Å². The highest BCUT2D eigenvalue weighted by molar-refractivity contribution is 6.09. The van der Waals surface area contributed by atoms with Crippen LogP contribution in [0, 0.1) is 11.3 Å². The summed E-state index contributed by atoms with van der Waals surface area (Å²) in [5.41, 5.74) is -0.250. The number of rotatable bonds is 4. The molecule has 2 amide bonds. The van der Waals surface area contributed by atoms with Crippen LogP contribution in [0.15, 0.2) is 54.1 Å². The van der Waals surface area contributed by atoms with Crippen LogP contribution in [0.1, 0.15) is 18.1 Å². The predicted octanol–water partition coefficient (Wildman–Crippen LogP) is 4.21. The van der Waals surface area contributed by atoms with E-state index in [1.807, 2.05) is 0 Å². The van der Waals surface area contributed by atoms with Gasteiger partial charge in [-0.3, -0.25) is 9.59 Å². The number of nitriles is 1. The highest BCUT2D eigenvalue weighted by atomic mass is 19.4. The van der Waals surface area contributed by atoms with Gasteiger partial charge in [-0.25, -0.2) is 0 Å². The number of amides is 2. The van der Waals surface area contributed by atoms with Crippen LogP contribution >= 0.6 is 0 Å². The van der Waals surface area contributed by atoms with Crippen LogP contribution in [0.25, 0.3) is 6.08 Å². The minimum atomic E-state index is -4.52. The van der Waals surface area contributed by atoms with E-state index in [4.69, 9.17) is 5.26 Å². The zero-order chi connectivity index (χ0) is 20.0. The molecule has 0 radical (unpaired) electrons. The lowest BCUT2D eigenvalue weighted by Gasteiger charge is -2.08. The Labute approximate surface area is 153 Å². The average molecular weight is 373 g/mol. The summed E-state index contributed by atoms with van der Waals surface area (Å²) in [6.07, 6.45) is -3.44. The van der Waals surface area contributed by atoms with Gasteiger partial charge in [-0.05, 0) is 48.0 Å². The van der Waals surface area contributed by atoms with Gasteiger partial charge in [0.25, 0.3) is 5.91 Å². The quantitative estimate of drug-likeness (QED) is 0.622. The van der Waals surface area contributed by atoms with E-state index >= 15 is 0 Å². The summed E-state index contributed by atoms with van der Waals surface area (Å²) in [5, 5.41) is 14.2. The Morgan fingerprint density at radius 1 is 1.04 bits per heavy atom. The molecule has 2 aromatic rings. The van der Waals surface area contributed by atoms with Crippen molar-refractivity contribution in [2.75, 3.05) is 10.6 Å². The third kappa shape index (κ3) is 5.71. The summed E-state index contributed by atoms with van der Waals surface area (Å²) in [4.78, 5) is 23.2. The fourth-order valence-corrected chi connectivity index (χ4v) is 2.16. The van der Waals surface area contributed by atoms with Crippen LogP contribution in [-0.4, -0.2) is 11.8 Å². The third-order valence-corrected chi connectivity index (χ3v) is 3.35. The molecule has 5 nitrogen and oxygen atoms in total. The zero-order valence-electron chi connectivity index (χ0n) is 14.1. The lowest BCUT2D eigenvalue weighted by molar-refractivity contribution is -0.137. The lowest BCUT2D eigenvalue weighted by Crippen LogP contribution is -2.13. The maximum atomic E-state index is 12.8. The molecule has 0 atom stereocenters. The summed E-state index contributed by atoms with van der Waals surface area (Å²) < 4.78 is 38.3. The van der Waals surface area contributed by atoms with Gasteiger partial charge in [0.1, 0.15) is 11.6 Å². The maximum absolute atomic E-state index is 12.8. The molecule has 0 aromatic heterocycles. The summed E-state index contributed by atoms with van der Waals surface area (Å²) in [6, 6.07) is 12.1. The van der Waals surface area contributed by atoms with Gasteiger partial charge < -0.3 is 10.6 Å². The number of hydrogen-bond donors (Lipinski definition) is 2. The van der Waals surface area contributed by atoms with E-state index in [1.165, 1.54) is 31.2 Å². The number of hydrogen-bond acceptors (Lipinski definition) is 3. The molecule has 0 saturated heterocycles. The number of nitrogens with zero attached hydrogens (tertiary/aromatic N) is 1. The molecule has 138 valence electrons. The van der Waals surface area contributed by atoms with E-state index in [0.29, 0.717) is 11.4 Å². The normalized spacial score (nSPS) is 11.4. The largest absolute Gasteiger partial charge is 0.416 e. The molecule has 0 spiro atoms. The van der Waals surface area contributed by atoms with Gasteiger partial charge in [-0.2, -0.15) is 18.4 Å². The van der Waals surface area contributed by atoms with Gasteiger partial charge in [-0.1, -0.05) is 12.1 Å². The highest BCUT2D eigenvalue weighted by Gasteiger charge is 2.30. The number of halogens is 3. The van der Waals surface area contributed by atoms with Crippen LogP contribution in [-0.2, 0) is 15.8 Å². The Kier molecular flexibility index (Phi) is 5.98. The van der Waals surface area contributed by atoms with Crippen molar-refractivity contribution in [1.82, 2.24) is 0 Å². The van der Waals surface area contributed by atoms with Gasteiger partial charge in [-0.15, -0.1) is 0 Å². The monoisotopic (exact) mass is 373 g/mol. The molecule has 0 fully saturated rings. The topological polar surface area (TPSA) is 82.0 Å².